The molecular weight excluding hydrogens is 250 g/mol. The maximum absolute atomic E-state index is 12.9. The van der Waals surface area contributed by atoms with Gasteiger partial charge >= 0.3 is 0 Å². The van der Waals surface area contributed by atoms with Gasteiger partial charge in [-0.15, -0.1) is 0 Å². The van der Waals surface area contributed by atoms with Gasteiger partial charge in [0.2, 0.25) is 5.91 Å². The van der Waals surface area contributed by atoms with Crippen LogP contribution in [-0.2, 0) is 11.2 Å². The van der Waals surface area contributed by atoms with Crippen molar-refractivity contribution in [3.05, 3.63) is 35.4 Å². The number of nitrogens with one attached hydrogen (secondary N) is 1. The monoisotopic (exact) mass is 270 g/mol. The van der Waals surface area contributed by atoms with E-state index in [-0.39, 0.29) is 11.4 Å². The van der Waals surface area contributed by atoms with Crippen LogP contribution in [0.5, 0.6) is 0 Å². The van der Waals surface area contributed by atoms with Gasteiger partial charge in [0, 0.05) is 24.6 Å². The minimum atomic E-state index is -0.605. The van der Waals surface area contributed by atoms with Crippen LogP contribution in [0, 0.1) is 11.6 Å². The molecule has 1 amide bonds. The molecule has 0 fully saturated rings. The van der Waals surface area contributed by atoms with Crippen LogP contribution in [0.1, 0.15) is 32.3 Å². The van der Waals surface area contributed by atoms with Crippen molar-refractivity contribution in [3.8, 4) is 0 Å². The Balaban J connectivity index is 2.32. The van der Waals surface area contributed by atoms with E-state index in [4.69, 9.17) is 5.73 Å². The Morgan fingerprint density at radius 3 is 2.37 bits per heavy atom. The van der Waals surface area contributed by atoms with Gasteiger partial charge in [0.1, 0.15) is 11.6 Å². The quantitative estimate of drug-likeness (QED) is 0.832. The highest BCUT2D eigenvalue weighted by atomic mass is 19.1. The first-order chi connectivity index (χ1) is 8.76. The van der Waals surface area contributed by atoms with Crippen molar-refractivity contribution >= 4 is 5.91 Å². The standard InChI is InChI=1S/C14H20F2N2O/c1-14(2,17)5-3-13(19)18-6-4-10-7-11(15)9-12(16)8-10/h7-9H,3-6,17H2,1-2H3,(H,18,19). The van der Waals surface area contributed by atoms with Gasteiger partial charge in [-0.05, 0) is 44.4 Å². The first-order valence-corrected chi connectivity index (χ1v) is 6.27. The van der Waals surface area contributed by atoms with Crippen molar-refractivity contribution in [1.29, 1.82) is 0 Å². The van der Waals surface area contributed by atoms with Crippen molar-refractivity contribution < 1.29 is 13.6 Å². The zero-order chi connectivity index (χ0) is 14.5. The molecule has 0 atom stereocenters. The third kappa shape index (κ3) is 6.86. The number of halogens is 2. The molecule has 0 bridgehead atoms. The Labute approximate surface area is 112 Å². The minimum absolute atomic E-state index is 0.101. The topological polar surface area (TPSA) is 55.1 Å². The van der Waals surface area contributed by atoms with E-state index >= 15 is 0 Å². The summed E-state index contributed by atoms with van der Waals surface area (Å²) in [6.45, 7) is 4.07. The molecule has 0 aromatic heterocycles. The van der Waals surface area contributed by atoms with Crippen LogP contribution < -0.4 is 11.1 Å². The van der Waals surface area contributed by atoms with E-state index in [2.05, 4.69) is 5.32 Å². The lowest BCUT2D eigenvalue weighted by molar-refractivity contribution is -0.121. The summed E-state index contributed by atoms with van der Waals surface area (Å²) in [5.74, 6) is -1.31. The number of carbonyl (C=O) groups excluding carboxylic acids is 1. The van der Waals surface area contributed by atoms with Gasteiger partial charge in [-0.3, -0.25) is 4.79 Å². The van der Waals surface area contributed by atoms with Crippen LogP contribution in [0.4, 0.5) is 8.78 Å². The Hall–Kier alpha value is -1.49. The molecule has 106 valence electrons. The van der Waals surface area contributed by atoms with Crippen molar-refractivity contribution in [2.24, 2.45) is 5.73 Å². The fourth-order valence-electron chi connectivity index (χ4n) is 1.63. The highest BCUT2D eigenvalue weighted by molar-refractivity contribution is 5.75. The Bertz CT molecular complexity index is 421. The normalized spacial score (nSPS) is 11.4. The molecule has 3 nitrogen and oxygen atoms in total. The van der Waals surface area contributed by atoms with E-state index in [1.54, 1.807) is 0 Å². The average Bonchev–Trinajstić information content (AvgIpc) is 2.24. The summed E-state index contributed by atoms with van der Waals surface area (Å²) in [5.41, 5.74) is 5.93. The lowest BCUT2D eigenvalue weighted by Gasteiger charge is -2.17. The first kappa shape index (κ1) is 15.6. The van der Waals surface area contributed by atoms with Crippen LogP contribution in [-0.4, -0.2) is 18.0 Å². The number of carbonyl (C=O) groups is 1. The zero-order valence-corrected chi connectivity index (χ0v) is 11.3. The molecule has 0 aliphatic rings. The second-order valence-electron chi connectivity index (χ2n) is 5.37. The molecule has 1 aromatic carbocycles. The van der Waals surface area contributed by atoms with Crippen LogP contribution in [0.15, 0.2) is 18.2 Å². The molecule has 5 heteroatoms. The summed E-state index contributed by atoms with van der Waals surface area (Å²) in [7, 11) is 0. The summed E-state index contributed by atoms with van der Waals surface area (Å²) in [6.07, 6.45) is 1.33. The Morgan fingerprint density at radius 1 is 1.26 bits per heavy atom. The summed E-state index contributed by atoms with van der Waals surface area (Å²) in [4.78, 5) is 11.5. The van der Waals surface area contributed by atoms with Gasteiger partial charge in [0.15, 0.2) is 0 Å². The molecular formula is C14H20F2N2O. The van der Waals surface area contributed by atoms with E-state index < -0.39 is 11.6 Å². The molecule has 0 saturated carbocycles. The molecule has 0 saturated heterocycles. The van der Waals surface area contributed by atoms with Gasteiger partial charge in [-0.2, -0.15) is 0 Å². The Morgan fingerprint density at radius 2 is 1.84 bits per heavy atom. The van der Waals surface area contributed by atoms with Crippen LogP contribution >= 0.6 is 0 Å². The number of hydrogen-bond donors (Lipinski definition) is 2. The Kier molecular flexibility index (Phi) is 5.42. The van der Waals surface area contributed by atoms with E-state index in [1.165, 1.54) is 12.1 Å². The van der Waals surface area contributed by atoms with E-state index in [0.29, 0.717) is 31.4 Å². The number of amides is 1. The van der Waals surface area contributed by atoms with Crippen LogP contribution in [0.3, 0.4) is 0 Å². The van der Waals surface area contributed by atoms with Gasteiger partial charge in [0.25, 0.3) is 0 Å². The maximum atomic E-state index is 12.9. The number of nitrogens with two attached hydrogens (primary N) is 1. The molecule has 1 rings (SSSR count). The van der Waals surface area contributed by atoms with Crippen LogP contribution in [0.2, 0.25) is 0 Å². The summed E-state index contributed by atoms with van der Waals surface area (Å²) < 4.78 is 25.8. The third-order valence-electron chi connectivity index (χ3n) is 2.65. The van der Waals surface area contributed by atoms with Crippen molar-refractivity contribution in [1.82, 2.24) is 5.32 Å². The molecule has 19 heavy (non-hydrogen) atoms. The summed E-state index contributed by atoms with van der Waals surface area (Å²) >= 11 is 0. The molecule has 1 aromatic rings. The summed E-state index contributed by atoms with van der Waals surface area (Å²) in [5, 5.41) is 2.70. The highest BCUT2D eigenvalue weighted by Crippen LogP contribution is 2.09. The fraction of sp³-hybridized carbons (Fsp3) is 0.500. The van der Waals surface area contributed by atoms with Gasteiger partial charge in [0.05, 0.1) is 0 Å². The second-order valence-corrected chi connectivity index (χ2v) is 5.37. The molecule has 0 radical (unpaired) electrons. The summed E-state index contributed by atoms with van der Waals surface area (Å²) in [6, 6.07) is 3.35. The van der Waals surface area contributed by atoms with Gasteiger partial charge in [-0.1, -0.05) is 0 Å². The number of hydrogen-bond acceptors (Lipinski definition) is 2. The van der Waals surface area contributed by atoms with Crippen molar-refractivity contribution in [2.75, 3.05) is 6.54 Å². The van der Waals surface area contributed by atoms with Crippen molar-refractivity contribution in [3.63, 3.8) is 0 Å². The lowest BCUT2D eigenvalue weighted by atomic mass is 10.00. The van der Waals surface area contributed by atoms with Crippen molar-refractivity contribution in [2.45, 2.75) is 38.6 Å². The molecule has 0 aliphatic carbocycles. The molecule has 0 aliphatic heterocycles. The molecule has 0 unspecified atom stereocenters. The second kappa shape index (κ2) is 6.61. The molecule has 0 heterocycles. The van der Waals surface area contributed by atoms with E-state index in [9.17, 15) is 13.6 Å². The highest BCUT2D eigenvalue weighted by Gasteiger charge is 2.12. The number of rotatable bonds is 6. The van der Waals surface area contributed by atoms with E-state index in [1.807, 2.05) is 13.8 Å². The first-order valence-electron chi connectivity index (χ1n) is 6.27. The molecule has 3 N–H and O–H groups in total. The smallest absolute Gasteiger partial charge is 0.220 e. The minimum Gasteiger partial charge on any atom is -0.356 e. The van der Waals surface area contributed by atoms with Crippen LogP contribution in [0.25, 0.3) is 0 Å². The SMILES string of the molecule is CC(C)(N)CCC(=O)NCCc1cc(F)cc(F)c1. The average molecular weight is 270 g/mol. The van der Waals surface area contributed by atoms with Gasteiger partial charge < -0.3 is 11.1 Å². The molecule has 0 spiro atoms. The number of benzene rings is 1. The third-order valence-corrected chi connectivity index (χ3v) is 2.65. The predicted molar refractivity (Wildman–Crippen MR) is 70.6 cm³/mol. The lowest BCUT2D eigenvalue weighted by Crippen LogP contribution is -2.34. The largest absolute Gasteiger partial charge is 0.356 e. The zero-order valence-electron chi connectivity index (χ0n) is 11.3. The van der Waals surface area contributed by atoms with E-state index in [0.717, 1.165) is 6.07 Å². The van der Waals surface area contributed by atoms with Gasteiger partial charge in [-0.25, -0.2) is 8.78 Å². The maximum Gasteiger partial charge on any atom is 0.220 e. The fourth-order valence-corrected chi connectivity index (χ4v) is 1.63. The predicted octanol–water partition coefficient (Wildman–Crippen LogP) is 2.14.